The predicted octanol–water partition coefficient (Wildman–Crippen LogP) is 1.25. The number of benzene rings is 1. The molecule has 0 radical (unpaired) electrons. The molecule has 0 bridgehead atoms. The Morgan fingerprint density at radius 3 is 2.44 bits per heavy atom. The first-order chi connectivity index (χ1) is 11.6. The summed E-state index contributed by atoms with van der Waals surface area (Å²) in [6.45, 7) is 4.66. The summed E-state index contributed by atoms with van der Waals surface area (Å²) in [7, 11) is 0. The number of nitro groups is 1. The van der Waals surface area contributed by atoms with E-state index in [2.05, 4.69) is 10.6 Å². The Morgan fingerprint density at radius 1 is 1.28 bits per heavy atom. The summed E-state index contributed by atoms with van der Waals surface area (Å²) < 4.78 is 0. The molecule has 0 fully saturated rings. The molecule has 25 heavy (non-hydrogen) atoms. The largest absolute Gasteiger partial charge is 0.480 e. The van der Waals surface area contributed by atoms with Gasteiger partial charge in [0.2, 0.25) is 5.91 Å². The van der Waals surface area contributed by atoms with Crippen molar-refractivity contribution in [3.8, 4) is 0 Å². The van der Waals surface area contributed by atoms with Crippen LogP contribution in [0.2, 0.25) is 0 Å². The summed E-state index contributed by atoms with van der Waals surface area (Å²) in [6, 6.07) is 3.24. The lowest BCUT2D eigenvalue weighted by atomic mass is 10.0. The summed E-state index contributed by atoms with van der Waals surface area (Å²) >= 11 is 0. The lowest BCUT2D eigenvalue weighted by molar-refractivity contribution is -0.385. The number of rotatable bonds is 8. The first-order valence-electron chi connectivity index (χ1n) is 7.67. The molecular formula is C16H21N3O6. The van der Waals surface area contributed by atoms with Gasteiger partial charge in [-0.3, -0.25) is 19.7 Å². The van der Waals surface area contributed by atoms with Crippen LogP contribution in [0.3, 0.4) is 0 Å². The number of para-hydroxylation sites is 1. The minimum Gasteiger partial charge on any atom is -0.480 e. The lowest BCUT2D eigenvalue weighted by Crippen LogP contribution is -2.46. The second kappa shape index (κ2) is 8.76. The zero-order valence-electron chi connectivity index (χ0n) is 14.2. The fourth-order valence-corrected chi connectivity index (χ4v) is 2.28. The van der Waals surface area contributed by atoms with E-state index in [-0.39, 0.29) is 23.6 Å². The molecule has 0 aliphatic rings. The van der Waals surface area contributed by atoms with Crippen LogP contribution in [0.25, 0.3) is 0 Å². The molecule has 0 saturated heterocycles. The average Bonchev–Trinajstić information content (AvgIpc) is 2.50. The van der Waals surface area contributed by atoms with Gasteiger partial charge in [-0.25, -0.2) is 4.79 Å². The minimum atomic E-state index is -1.16. The molecule has 9 nitrogen and oxygen atoms in total. The molecule has 0 aromatic heterocycles. The first kappa shape index (κ1) is 20.1. The van der Waals surface area contributed by atoms with Gasteiger partial charge in [-0.1, -0.05) is 26.0 Å². The van der Waals surface area contributed by atoms with Gasteiger partial charge in [0.05, 0.1) is 11.5 Å². The van der Waals surface area contributed by atoms with Gasteiger partial charge in [0.15, 0.2) is 0 Å². The molecule has 1 rings (SSSR count). The molecule has 1 aromatic carbocycles. The lowest BCUT2D eigenvalue weighted by Gasteiger charge is -2.16. The number of aryl methyl sites for hydroxylation is 1. The van der Waals surface area contributed by atoms with Gasteiger partial charge in [-0.05, 0) is 25.3 Å². The molecule has 0 heterocycles. The van der Waals surface area contributed by atoms with Gasteiger partial charge >= 0.3 is 5.97 Å². The van der Waals surface area contributed by atoms with E-state index in [1.54, 1.807) is 0 Å². The number of aliphatic carboxylic acids is 1. The van der Waals surface area contributed by atoms with Crippen LogP contribution in [-0.2, 0) is 9.59 Å². The van der Waals surface area contributed by atoms with E-state index >= 15 is 0 Å². The predicted molar refractivity (Wildman–Crippen MR) is 89.2 cm³/mol. The van der Waals surface area contributed by atoms with Crippen LogP contribution in [0.15, 0.2) is 18.2 Å². The molecule has 3 N–H and O–H groups in total. The molecule has 9 heteroatoms. The molecule has 0 aliphatic carbocycles. The Kier molecular flexibility index (Phi) is 7.04. The molecular weight excluding hydrogens is 330 g/mol. The van der Waals surface area contributed by atoms with Crippen molar-refractivity contribution in [2.45, 2.75) is 33.2 Å². The maximum atomic E-state index is 12.1. The van der Waals surface area contributed by atoms with Crippen LogP contribution in [0.1, 0.15) is 36.2 Å². The van der Waals surface area contributed by atoms with Crippen LogP contribution in [-0.4, -0.2) is 40.4 Å². The molecule has 1 aromatic rings. The second-order valence-electron chi connectivity index (χ2n) is 6.00. The Hall–Kier alpha value is -2.97. The third kappa shape index (κ3) is 5.87. The molecule has 2 amide bonds. The van der Waals surface area contributed by atoms with Gasteiger partial charge < -0.3 is 15.7 Å². The highest BCUT2D eigenvalue weighted by molar-refractivity contribution is 6.00. The Morgan fingerprint density at radius 2 is 1.92 bits per heavy atom. The van der Waals surface area contributed by atoms with Gasteiger partial charge in [0.25, 0.3) is 11.6 Å². The SMILES string of the molecule is Cc1cccc(C(=O)NCC(=O)N[C@@H](CC(C)C)C(=O)O)c1[N+](=O)[O-]. The topological polar surface area (TPSA) is 139 Å². The van der Waals surface area contributed by atoms with Crippen LogP contribution >= 0.6 is 0 Å². The van der Waals surface area contributed by atoms with Gasteiger partial charge in [0, 0.05) is 5.56 Å². The quantitative estimate of drug-likeness (QED) is 0.476. The van der Waals surface area contributed by atoms with E-state index in [9.17, 15) is 24.5 Å². The summed E-state index contributed by atoms with van der Waals surface area (Å²) in [5.41, 5.74) is -0.164. The van der Waals surface area contributed by atoms with Crippen molar-refractivity contribution in [2.24, 2.45) is 5.92 Å². The molecule has 0 spiro atoms. The van der Waals surface area contributed by atoms with Gasteiger partial charge in [-0.2, -0.15) is 0 Å². The fraction of sp³-hybridized carbons (Fsp3) is 0.438. The fourth-order valence-electron chi connectivity index (χ4n) is 2.28. The van der Waals surface area contributed by atoms with Crippen molar-refractivity contribution in [3.05, 3.63) is 39.4 Å². The van der Waals surface area contributed by atoms with E-state index in [0.717, 1.165) is 0 Å². The van der Waals surface area contributed by atoms with Crippen LogP contribution in [0, 0.1) is 23.0 Å². The van der Waals surface area contributed by atoms with Crippen molar-refractivity contribution in [1.82, 2.24) is 10.6 Å². The normalized spacial score (nSPS) is 11.7. The first-order valence-corrected chi connectivity index (χ1v) is 7.67. The Bertz CT molecular complexity index is 686. The highest BCUT2D eigenvalue weighted by Crippen LogP contribution is 2.22. The number of carbonyl (C=O) groups excluding carboxylic acids is 2. The molecule has 136 valence electrons. The minimum absolute atomic E-state index is 0.0611. The summed E-state index contributed by atoms with van der Waals surface area (Å²) in [4.78, 5) is 45.5. The van der Waals surface area contributed by atoms with Gasteiger partial charge in [-0.15, -0.1) is 0 Å². The number of carboxylic acids is 1. The number of hydrogen-bond donors (Lipinski definition) is 3. The zero-order chi connectivity index (χ0) is 19.1. The molecule has 0 aliphatic heterocycles. The number of carboxylic acid groups (broad SMARTS) is 1. The van der Waals surface area contributed by atoms with E-state index in [1.807, 2.05) is 13.8 Å². The highest BCUT2D eigenvalue weighted by atomic mass is 16.6. The van der Waals surface area contributed by atoms with Crippen LogP contribution in [0.4, 0.5) is 5.69 Å². The zero-order valence-corrected chi connectivity index (χ0v) is 14.2. The van der Waals surface area contributed by atoms with Crippen molar-refractivity contribution >= 4 is 23.5 Å². The summed E-state index contributed by atoms with van der Waals surface area (Å²) in [6.07, 6.45) is 0.248. The van der Waals surface area contributed by atoms with E-state index in [1.165, 1.54) is 25.1 Å². The number of amides is 2. The van der Waals surface area contributed by atoms with Crippen molar-refractivity contribution in [2.75, 3.05) is 6.54 Å². The standard InChI is InChI=1S/C16H21N3O6/c1-9(2)7-12(16(22)23)18-13(20)8-17-15(21)11-6-4-5-10(3)14(11)19(24)25/h4-6,9,12H,7-8H2,1-3H3,(H,17,21)(H,18,20)(H,22,23)/t12-/m0/s1. The molecule has 0 saturated carbocycles. The Balaban J connectivity index is 2.74. The van der Waals surface area contributed by atoms with Gasteiger partial charge in [0.1, 0.15) is 11.6 Å². The van der Waals surface area contributed by atoms with Crippen LogP contribution < -0.4 is 10.6 Å². The smallest absolute Gasteiger partial charge is 0.326 e. The van der Waals surface area contributed by atoms with E-state index in [0.29, 0.717) is 5.56 Å². The molecule has 1 atom stereocenters. The highest BCUT2D eigenvalue weighted by Gasteiger charge is 2.24. The Labute approximate surface area is 144 Å². The van der Waals surface area contributed by atoms with E-state index < -0.39 is 35.3 Å². The number of nitrogens with one attached hydrogen (secondary N) is 2. The van der Waals surface area contributed by atoms with Crippen molar-refractivity contribution < 1.29 is 24.4 Å². The summed E-state index contributed by atoms with van der Waals surface area (Å²) in [5.74, 6) is -2.56. The maximum Gasteiger partial charge on any atom is 0.326 e. The van der Waals surface area contributed by atoms with Crippen LogP contribution in [0.5, 0.6) is 0 Å². The third-order valence-electron chi connectivity index (χ3n) is 3.41. The number of carbonyl (C=O) groups is 3. The number of nitrogens with zero attached hydrogens (tertiary/aromatic N) is 1. The van der Waals surface area contributed by atoms with E-state index in [4.69, 9.17) is 5.11 Å². The summed E-state index contributed by atoms with van der Waals surface area (Å²) in [5, 5.41) is 24.8. The van der Waals surface area contributed by atoms with Crippen molar-refractivity contribution in [3.63, 3.8) is 0 Å². The second-order valence-corrected chi connectivity index (χ2v) is 6.00. The van der Waals surface area contributed by atoms with Crippen molar-refractivity contribution in [1.29, 1.82) is 0 Å². The molecule has 0 unspecified atom stereocenters. The maximum absolute atomic E-state index is 12.1. The average molecular weight is 351 g/mol. The third-order valence-corrected chi connectivity index (χ3v) is 3.41. The monoisotopic (exact) mass is 351 g/mol. The number of hydrogen-bond acceptors (Lipinski definition) is 5. The number of nitro benzene ring substituents is 1.